The topological polar surface area (TPSA) is 84.2 Å². The highest BCUT2D eigenvalue weighted by atomic mass is 35.5. The molecule has 1 saturated carbocycles. The minimum atomic E-state index is -0.622. The maximum absolute atomic E-state index is 12.3. The van der Waals surface area contributed by atoms with Crippen molar-refractivity contribution in [2.24, 2.45) is 5.73 Å². The Kier molecular flexibility index (Phi) is 7.82. The van der Waals surface area contributed by atoms with Crippen molar-refractivity contribution in [1.29, 1.82) is 0 Å². The fourth-order valence-corrected chi connectivity index (χ4v) is 3.24. The number of benzene rings is 2. The summed E-state index contributed by atoms with van der Waals surface area (Å²) in [5, 5.41) is 5.86. The lowest BCUT2D eigenvalue weighted by Crippen LogP contribution is -2.37. The summed E-state index contributed by atoms with van der Waals surface area (Å²) in [7, 11) is 0. The summed E-state index contributed by atoms with van der Waals surface area (Å²) in [6.07, 6.45) is 4.95. The first kappa shape index (κ1) is 20.9. The number of nitrogens with one attached hydrogen (secondary N) is 2. The first-order valence-corrected chi connectivity index (χ1v) is 9.13. The predicted octanol–water partition coefficient (Wildman–Crippen LogP) is 3.29. The average Bonchev–Trinajstić information content (AvgIpc) is 3.16. The third kappa shape index (κ3) is 6.08. The van der Waals surface area contributed by atoms with E-state index in [0.717, 1.165) is 18.4 Å². The molecular weight excluding hydrogens is 362 g/mol. The SMILES string of the molecule is Cl.N[C@@H](Cc1ccccc1)C(=O)Nc1ccc(C(=O)NC2CCCC2)cc1. The molecule has 144 valence electrons. The Hall–Kier alpha value is -2.37. The van der Waals surface area contributed by atoms with E-state index >= 15 is 0 Å². The molecular formula is C21H26ClN3O2. The Bertz CT molecular complexity index is 744. The second-order valence-electron chi connectivity index (χ2n) is 6.82. The largest absolute Gasteiger partial charge is 0.349 e. The molecule has 0 heterocycles. The molecule has 2 aromatic carbocycles. The molecule has 0 aromatic heterocycles. The Morgan fingerprint density at radius 1 is 1.00 bits per heavy atom. The molecule has 1 fully saturated rings. The normalized spacial score (nSPS) is 14.9. The van der Waals surface area contributed by atoms with Crippen molar-refractivity contribution >= 4 is 29.9 Å². The molecule has 0 radical (unpaired) electrons. The van der Waals surface area contributed by atoms with Crippen LogP contribution in [0.1, 0.15) is 41.6 Å². The molecule has 3 rings (SSSR count). The van der Waals surface area contributed by atoms with E-state index in [9.17, 15) is 9.59 Å². The van der Waals surface area contributed by atoms with E-state index in [1.54, 1.807) is 24.3 Å². The van der Waals surface area contributed by atoms with Crippen LogP contribution in [0.25, 0.3) is 0 Å². The monoisotopic (exact) mass is 387 g/mol. The van der Waals surface area contributed by atoms with Gasteiger partial charge in [0, 0.05) is 17.3 Å². The van der Waals surface area contributed by atoms with Crippen LogP contribution in [0.2, 0.25) is 0 Å². The Labute approximate surface area is 166 Å². The molecule has 0 aliphatic heterocycles. The lowest BCUT2D eigenvalue weighted by molar-refractivity contribution is -0.117. The zero-order valence-electron chi connectivity index (χ0n) is 15.2. The average molecular weight is 388 g/mol. The minimum absolute atomic E-state index is 0. The van der Waals surface area contributed by atoms with Crippen molar-refractivity contribution in [3.63, 3.8) is 0 Å². The summed E-state index contributed by atoms with van der Waals surface area (Å²) in [5.74, 6) is -0.299. The summed E-state index contributed by atoms with van der Waals surface area (Å²) in [6.45, 7) is 0. The van der Waals surface area contributed by atoms with Crippen LogP contribution in [0.4, 0.5) is 5.69 Å². The lowest BCUT2D eigenvalue weighted by atomic mass is 10.1. The molecule has 2 amide bonds. The maximum atomic E-state index is 12.3. The molecule has 2 aromatic rings. The number of rotatable bonds is 6. The van der Waals surface area contributed by atoms with Crippen LogP contribution in [0.3, 0.4) is 0 Å². The highest BCUT2D eigenvalue weighted by Gasteiger charge is 2.18. The summed E-state index contributed by atoms with van der Waals surface area (Å²) in [6, 6.07) is 16.3. The van der Waals surface area contributed by atoms with Gasteiger partial charge in [-0.15, -0.1) is 12.4 Å². The highest BCUT2D eigenvalue weighted by molar-refractivity contribution is 5.97. The number of halogens is 1. The van der Waals surface area contributed by atoms with Gasteiger partial charge in [-0.3, -0.25) is 9.59 Å². The Morgan fingerprint density at radius 3 is 2.26 bits per heavy atom. The van der Waals surface area contributed by atoms with E-state index in [1.165, 1.54) is 12.8 Å². The number of hydrogen-bond donors (Lipinski definition) is 3. The summed E-state index contributed by atoms with van der Waals surface area (Å²) in [5.41, 5.74) is 8.25. The van der Waals surface area contributed by atoms with Crippen LogP contribution in [-0.4, -0.2) is 23.9 Å². The second kappa shape index (κ2) is 10.1. The van der Waals surface area contributed by atoms with Gasteiger partial charge in [0.15, 0.2) is 0 Å². The van der Waals surface area contributed by atoms with Gasteiger partial charge in [-0.1, -0.05) is 43.2 Å². The van der Waals surface area contributed by atoms with E-state index in [-0.39, 0.29) is 30.3 Å². The Balaban J connectivity index is 0.00000261. The number of carbonyl (C=O) groups is 2. The van der Waals surface area contributed by atoms with Crippen molar-refractivity contribution in [3.05, 3.63) is 65.7 Å². The van der Waals surface area contributed by atoms with Crippen molar-refractivity contribution < 1.29 is 9.59 Å². The molecule has 1 atom stereocenters. The first-order valence-electron chi connectivity index (χ1n) is 9.13. The number of anilines is 1. The number of nitrogens with two attached hydrogens (primary N) is 1. The van der Waals surface area contributed by atoms with Gasteiger partial charge < -0.3 is 16.4 Å². The zero-order valence-corrected chi connectivity index (χ0v) is 16.0. The third-order valence-electron chi connectivity index (χ3n) is 4.74. The molecule has 0 unspecified atom stereocenters. The third-order valence-corrected chi connectivity index (χ3v) is 4.74. The van der Waals surface area contributed by atoms with Gasteiger partial charge in [-0.25, -0.2) is 0 Å². The summed E-state index contributed by atoms with van der Waals surface area (Å²) >= 11 is 0. The molecule has 0 spiro atoms. The molecule has 27 heavy (non-hydrogen) atoms. The van der Waals surface area contributed by atoms with Crippen molar-refractivity contribution in [1.82, 2.24) is 5.32 Å². The maximum Gasteiger partial charge on any atom is 0.251 e. The van der Waals surface area contributed by atoms with E-state index in [0.29, 0.717) is 17.7 Å². The smallest absolute Gasteiger partial charge is 0.251 e. The lowest BCUT2D eigenvalue weighted by Gasteiger charge is -2.14. The zero-order chi connectivity index (χ0) is 18.4. The quantitative estimate of drug-likeness (QED) is 0.711. The molecule has 1 aliphatic carbocycles. The van der Waals surface area contributed by atoms with Crippen molar-refractivity contribution in [2.45, 2.75) is 44.2 Å². The van der Waals surface area contributed by atoms with Gasteiger partial charge in [0.2, 0.25) is 5.91 Å². The molecule has 5 nitrogen and oxygen atoms in total. The van der Waals surface area contributed by atoms with Crippen molar-refractivity contribution in [3.8, 4) is 0 Å². The van der Waals surface area contributed by atoms with Crippen molar-refractivity contribution in [2.75, 3.05) is 5.32 Å². The fraction of sp³-hybridized carbons (Fsp3) is 0.333. The van der Waals surface area contributed by atoms with Crippen LogP contribution in [0, 0.1) is 0 Å². The van der Waals surface area contributed by atoms with Crippen LogP contribution in [0.5, 0.6) is 0 Å². The Morgan fingerprint density at radius 2 is 1.63 bits per heavy atom. The number of hydrogen-bond acceptors (Lipinski definition) is 3. The first-order chi connectivity index (χ1) is 12.6. The van der Waals surface area contributed by atoms with E-state index in [1.807, 2.05) is 30.3 Å². The van der Waals surface area contributed by atoms with Crippen LogP contribution in [-0.2, 0) is 11.2 Å². The van der Waals surface area contributed by atoms with Crippen LogP contribution in [0.15, 0.2) is 54.6 Å². The standard InChI is InChI=1S/C21H25N3O2.ClH/c22-19(14-15-6-2-1-3-7-15)21(26)24-18-12-10-16(11-13-18)20(25)23-17-8-4-5-9-17;/h1-3,6-7,10-13,17,19H,4-5,8-9,14,22H2,(H,23,25)(H,24,26);1H/t19-;/m0./s1. The van der Waals surface area contributed by atoms with Crippen LogP contribution >= 0.6 is 12.4 Å². The van der Waals surface area contributed by atoms with Crippen LogP contribution < -0.4 is 16.4 Å². The van der Waals surface area contributed by atoms with Gasteiger partial charge in [0.05, 0.1) is 6.04 Å². The van der Waals surface area contributed by atoms with Gasteiger partial charge in [-0.2, -0.15) is 0 Å². The molecule has 0 saturated heterocycles. The minimum Gasteiger partial charge on any atom is -0.349 e. The number of amides is 2. The van der Waals surface area contributed by atoms with E-state index in [2.05, 4.69) is 10.6 Å². The molecule has 1 aliphatic rings. The second-order valence-corrected chi connectivity index (χ2v) is 6.82. The van der Waals surface area contributed by atoms with Gasteiger partial charge in [0.1, 0.15) is 0 Å². The predicted molar refractivity (Wildman–Crippen MR) is 110 cm³/mol. The molecule has 0 bridgehead atoms. The highest BCUT2D eigenvalue weighted by Crippen LogP contribution is 2.18. The summed E-state index contributed by atoms with van der Waals surface area (Å²) < 4.78 is 0. The van der Waals surface area contributed by atoms with Gasteiger partial charge >= 0.3 is 0 Å². The molecule has 6 heteroatoms. The molecule has 4 N–H and O–H groups in total. The number of carbonyl (C=O) groups excluding carboxylic acids is 2. The van der Waals surface area contributed by atoms with E-state index in [4.69, 9.17) is 5.73 Å². The van der Waals surface area contributed by atoms with Gasteiger partial charge in [-0.05, 0) is 49.1 Å². The van der Waals surface area contributed by atoms with E-state index < -0.39 is 6.04 Å². The summed E-state index contributed by atoms with van der Waals surface area (Å²) in [4.78, 5) is 24.5. The van der Waals surface area contributed by atoms with Gasteiger partial charge in [0.25, 0.3) is 5.91 Å². The fourth-order valence-electron chi connectivity index (χ4n) is 3.24.